The summed E-state index contributed by atoms with van der Waals surface area (Å²) in [5.41, 5.74) is 3.45. The van der Waals surface area contributed by atoms with Crippen LogP contribution in [0.15, 0.2) is 18.2 Å². The van der Waals surface area contributed by atoms with Crippen molar-refractivity contribution in [1.29, 1.82) is 0 Å². The molecule has 0 spiro atoms. The van der Waals surface area contributed by atoms with Crippen LogP contribution in [0.25, 0.3) is 5.69 Å². The molecule has 5 heteroatoms. The fourth-order valence-electron chi connectivity index (χ4n) is 1.97. The lowest BCUT2D eigenvalue weighted by atomic mass is 10.1. The van der Waals surface area contributed by atoms with Crippen molar-refractivity contribution in [1.82, 2.24) is 25.5 Å². The fourth-order valence-corrected chi connectivity index (χ4v) is 1.97. The zero-order chi connectivity index (χ0) is 14.0. The van der Waals surface area contributed by atoms with Crippen LogP contribution in [0, 0.1) is 13.8 Å². The van der Waals surface area contributed by atoms with Gasteiger partial charge < -0.3 is 5.32 Å². The van der Waals surface area contributed by atoms with E-state index in [-0.39, 0.29) is 5.54 Å². The maximum atomic E-state index is 4.12. The number of tetrazole rings is 1. The summed E-state index contributed by atoms with van der Waals surface area (Å²) >= 11 is 0. The molecule has 2 aromatic rings. The number of hydrogen-bond donors (Lipinski definition) is 1. The maximum Gasteiger partial charge on any atom is 0.170 e. The van der Waals surface area contributed by atoms with Crippen molar-refractivity contribution in [2.75, 3.05) is 0 Å². The van der Waals surface area contributed by atoms with Crippen LogP contribution in [0.1, 0.15) is 37.7 Å². The van der Waals surface area contributed by atoms with Crippen molar-refractivity contribution in [2.45, 2.75) is 46.7 Å². The number of hydrogen-bond acceptors (Lipinski definition) is 4. The number of para-hydroxylation sites is 1. The second kappa shape index (κ2) is 5.09. The second-order valence-electron chi connectivity index (χ2n) is 5.85. The zero-order valence-electron chi connectivity index (χ0n) is 12.2. The molecule has 1 heterocycles. The predicted molar refractivity (Wildman–Crippen MR) is 75.2 cm³/mol. The summed E-state index contributed by atoms with van der Waals surface area (Å²) in [5.74, 6) is 0.826. The Morgan fingerprint density at radius 3 is 2.37 bits per heavy atom. The Balaban J connectivity index is 2.34. The Labute approximate surface area is 114 Å². The molecule has 0 aliphatic rings. The van der Waals surface area contributed by atoms with E-state index < -0.39 is 0 Å². The second-order valence-corrected chi connectivity index (χ2v) is 5.85. The van der Waals surface area contributed by atoms with Gasteiger partial charge in [0.2, 0.25) is 0 Å². The van der Waals surface area contributed by atoms with E-state index in [4.69, 9.17) is 0 Å². The minimum Gasteiger partial charge on any atom is -0.305 e. The summed E-state index contributed by atoms with van der Waals surface area (Å²) in [6.07, 6.45) is 0. The molecule has 5 nitrogen and oxygen atoms in total. The number of nitrogens with one attached hydrogen (secondary N) is 1. The lowest BCUT2D eigenvalue weighted by Crippen LogP contribution is -2.36. The van der Waals surface area contributed by atoms with Crippen molar-refractivity contribution in [3.63, 3.8) is 0 Å². The normalized spacial score (nSPS) is 11.8. The van der Waals surface area contributed by atoms with Crippen molar-refractivity contribution < 1.29 is 0 Å². The van der Waals surface area contributed by atoms with E-state index in [0.717, 1.165) is 11.5 Å². The number of aromatic nitrogens is 4. The Morgan fingerprint density at radius 1 is 1.16 bits per heavy atom. The lowest BCUT2D eigenvalue weighted by Gasteiger charge is -2.20. The first kappa shape index (κ1) is 13.7. The van der Waals surface area contributed by atoms with Gasteiger partial charge in [0.1, 0.15) is 0 Å². The van der Waals surface area contributed by atoms with Crippen molar-refractivity contribution >= 4 is 0 Å². The van der Waals surface area contributed by atoms with E-state index in [1.165, 1.54) is 11.1 Å². The summed E-state index contributed by atoms with van der Waals surface area (Å²) in [7, 11) is 0. The highest BCUT2D eigenvalue weighted by atomic mass is 15.5. The quantitative estimate of drug-likeness (QED) is 0.917. The topological polar surface area (TPSA) is 55.6 Å². The van der Waals surface area contributed by atoms with Gasteiger partial charge in [-0.1, -0.05) is 18.2 Å². The highest BCUT2D eigenvalue weighted by Crippen LogP contribution is 2.18. The predicted octanol–water partition coefficient (Wildman–Crippen LogP) is 2.17. The smallest absolute Gasteiger partial charge is 0.170 e. The summed E-state index contributed by atoms with van der Waals surface area (Å²) in [5, 5.41) is 15.5. The van der Waals surface area contributed by atoms with Crippen molar-refractivity contribution in [2.24, 2.45) is 0 Å². The summed E-state index contributed by atoms with van der Waals surface area (Å²) in [6, 6.07) is 6.20. The van der Waals surface area contributed by atoms with Crippen LogP contribution in [-0.2, 0) is 6.54 Å². The standard InChI is InChI=1S/C14H21N5/c1-10-7-6-8-11(2)13(10)19-12(16-17-18-19)9-15-14(3,4)5/h6-8,15H,9H2,1-5H3. The molecule has 0 saturated heterocycles. The molecule has 1 aromatic heterocycles. The molecule has 0 atom stereocenters. The van der Waals surface area contributed by atoms with E-state index in [2.05, 4.69) is 67.6 Å². The van der Waals surface area contributed by atoms with Gasteiger partial charge in [-0.05, 0) is 56.2 Å². The van der Waals surface area contributed by atoms with Crippen LogP contribution in [-0.4, -0.2) is 25.7 Å². The van der Waals surface area contributed by atoms with E-state index in [9.17, 15) is 0 Å². The van der Waals surface area contributed by atoms with E-state index in [1.54, 1.807) is 0 Å². The van der Waals surface area contributed by atoms with Crippen molar-refractivity contribution in [3.8, 4) is 5.69 Å². The van der Waals surface area contributed by atoms with Gasteiger partial charge in [0.25, 0.3) is 0 Å². The molecular weight excluding hydrogens is 238 g/mol. The van der Waals surface area contributed by atoms with Crippen LogP contribution in [0.5, 0.6) is 0 Å². The zero-order valence-corrected chi connectivity index (χ0v) is 12.2. The average Bonchev–Trinajstić information content (AvgIpc) is 2.73. The average molecular weight is 259 g/mol. The summed E-state index contributed by atoms with van der Waals surface area (Å²) in [6.45, 7) is 11.2. The first-order valence-electron chi connectivity index (χ1n) is 6.47. The maximum absolute atomic E-state index is 4.12. The summed E-state index contributed by atoms with van der Waals surface area (Å²) in [4.78, 5) is 0. The third kappa shape index (κ3) is 3.17. The number of benzene rings is 1. The highest BCUT2D eigenvalue weighted by molar-refractivity contribution is 5.46. The van der Waals surface area contributed by atoms with Crippen LogP contribution >= 0.6 is 0 Å². The minimum absolute atomic E-state index is 0.0392. The molecule has 2 rings (SSSR count). The van der Waals surface area contributed by atoms with Gasteiger partial charge in [0.15, 0.2) is 5.82 Å². The molecule has 19 heavy (non-hydrogen) atoms. The first-order chi connectivity index (χ1) is 8.88. The molecule has 0 radical (unpaired) electrons. The van der Waals surface area contributed by atoms with Crippen LogP contribution in [0.4, 0.5) is 0 Å². The molecule has 1 aromatic carbocycles. The minimum atomic E-state index is 0.0392. The molecule has 0 bridgehead atoms. The molecule has 0 fully saturated rings. The molecule has 0 unspecified atom stereocenters. The molecule has 0 saturated carbocycles. The van der Waals surface area contributed by atoms with Gasteiger partial charge in [0, 0.05) is 5.54 Å². The van der Waals surface area contributed by atoms with Gasteiger partial charge in [-0.3, -0.25) is 0 Å². The fraction of sp³-hybridized carbons (Fsp3) is 0.500. The number of aryl methyl sites for hydroxylation is 2. The number of nitrogens with zero attached hydrogens (tertiary/aromatic N) is 4. The molecule has 102 valence electrons. The van der Waals surface area contributed by atoms with Gasteiger partial charge in [-0.2, -0.15) is 4.68 Å². The van der Waals surface area contributed by atoms with E-state index in [0.29, 0.717) is 6.54 Å². The highest BCUT2D eigenvalue weighted by Gasteiger charge is 2.15. The first-order valence-corrected chi connectivity index (χ1v) is 6.47. The van der Waals surface area contributed by atoms with Crippen LogP contribution in [0.3, 0.4) is 0 Å². The SMILES string of the molecule is Cc1cccc(C)c1-n1nnnc1CNC(C)(C)C. The Hall–Kier alpha value is -1.75. The Bertz CT molecular complexity index is 545. The largest absolute Gasteiger partial charge is 0.305 e. The lowest BCUT2D eigenvalue weighted by molar-refractivity contribution is 0.415. The third-order valence-corrected chi connectivity index (χ3v) is 2.96. The molecule has 0 aliphatic heterocycles. The number of rotatable bonds is 3. The van der Waals surface area contributed by atoms with Gasteiger partial charge in [-0.25, -0.2) is 0 Å². The molecular formula is C14H21N5. The molecule has 0 aliphatic carbocycles. The molecule has 1 N–H and O–H groups in total. The van der Waals surface area contributed by atoms with Gasteiger partial charge >= 0.3 is 0 Å². The van der Waals surface area contributed by atoms with Crippen LogP contribution < -0.4 is 5.32 Å². The monoisotopic (exact) mass is 259 g/mol. The Kier molecular flexibility index (Phi) is 3.66. The van der Waals surface area contributed by atoms with E-state index >= 15 is 0 Å². The summed E-state index contributed by atoms with van der Waals surface area (Å²) < 4.78 is 1.82. The van der Waals surface area contributed by atoms with Crippen LogP contribution in [0.2, 0.25) is 0 Å². The van der Waals surface area contributed by atoms with Gasteiger partial charge in [-0.15, -0.1) is 5.10 Å². The van der Waals surface area contributed by atoms with Crippen molar-refractivity contribution in [3.05, 3.63) is 35.2 Å². The Morgan fingerprint density at radius 2 is 1.79 bits per heavy atom. The molecule has 0 amide bonds. The van der Waals surface area contributed by atoms with E-state index in [1.807, 2.05) is 10.7 Å². The van der Waals surface area contributed by atoms with Gasteiger partial charge in [0.05, 0.1) is 12.2 Å². The third-order valence-electron chi connectivity index (χ3n) is 2.96.